The van der Waals surface area contributed by atoms with Gasteiger partial charge in [0.05, 0.1) is 11.1 Å². The van der Waals surface area contributed by atoms with Crippen molar-refractivity contribution < 1.29 is 0 Å². The van der Waals surface area contributed by atoms with Crippen LogP contribution in [0.4, 0.5) is 5.69 Å². The number of benzene rings is 1. The van der Waals surface area contributed by atoms with Gasteiger partial charge >= 0.3 is 0 Å². The number of nitrogen functional groups attached to an aromatic ring is 1. The quantitative estimate of drug-likeness (QED) is 0.578. The van der Waals surface area contributed by atoms with Crippen molar-refractivity contribution in [2.24, 2.45) is 0 Å². The van der Waals surface area contributed by atoms with Gasteiger partial charge in [-0.15, -0.1) is 11.8 Å². The zero-order chi connectivity index (χ0) is 14.8. The van der Waals surface area contributed by atoms with Crippen molar-refractivity contribution in [3.63, 3.8) is 0 Å². The molecular weight excluding hydrogens is 302 g/mol. The van der Waals surface area contributed by atoms with E-state index in [0.29, 0.717) is 22.0 Å². The molecule has 0 amide bonds. The van der Waals surface area contributed by atoms with Crippen LogP contribution in [-0.2, 0) is 5.75 Å². The summed E-state index contributed by atoms with van der Waals surface area (Å²) in [4.78, 5) is 0.932. The summed E-state index contributed by atoms with van der Waals surface area (Å²) in [6, 6.07) is 13.5. The minimum Gasteiger partial charge on any atom is -0.398 e. The summed E-state index contributed by atoms with van der Waals surface area (Å²) in [6.45, 7) is 0. The number of thioether (sulfide) groups is 1. The zero-order valence-corrected chi connectivity index (χ0v) is 12.7. The molecule has 3 rings (SSSR count). The van der Waals surface area contributed by atoms with Gasteiger partial charge in [-0.3, -0.25) is 0 Å². The van der Waals surface area contributed by atoms with Crippen LogP contribution in [0.5, 0.6) is 0 Å². The number of nitrogens with zero attached hydrogens (tertiary/aromatic N) is 2. The molecule has 0 aliphatic rings. The lowest BCUT2D eigenvalue weighted by Gasteiger charge is -2.05. The predicted molar refractivity (Wildman–Crippen MR) is 87.5 cm³/mol. The number of rotatable bonds is 3. The fourth-order valence-electron chi connectivity index (χ4n) is 2.20. The number of nitriles is 1. The fourth-order valence-corrected chi connectivity index (χ4v) is 3.42. The van der Waals surface area contributed by atoms with Gasteiger partial charge in [0.1, 0.15) is 6.07 Å². The number of aromatic nitrogens is 1. The summed E-state index contributed by atoms with van der Waals surface area (Å²) in [5, 5.41) is 10.0. The van der Waals surface area contributed by atoms with Crippen molar-refractivity contribution >= 4 is 34.6 Å². The molecule has 0 aliphatic carbocycles. The molecular formula is C16H12ClN3S. The molecule has 0 bridgehead atoms. The Hall–Kier alpha value is -2.09. The maximum Gasteiger partial charge on any atom is 0.102 e. The predicted octanol–water partition coefficient (Wildman–Crippen LogP) is 4.34. The number of nitrogens with two attached hydrogens (primary N) is 1. The van der Waals surface area contributed by atoms with E-state index in [1.165, 1.54) is 0 Å². The second-order valence-electron chi connectivity index (χ2n) is 4.61. The Morgan fingerprint density at radius 3 is 2.95 bits per heavy atom. The van der Waals surface area contributed by atoms with Crippen LogP contribution in [-0.4, -0.2) is 4.40 Å². The van der Waals surface area contributed by atoms with Gasteiger partial charge in [-0.05, 0) is 35.9 Å². The van der Waals surface area contributed by atoms with Crippen LogP contribution in [0.2, 0.25) is 5.02 Å². The van der Waals surface area contributed by atoms with Gasteiger partial charge in [0.2, 0.25) is 0 Å². The van der Waals surface area contributed by atoms with Crippen molar-refractivity contribution in [1.82, 2.24) is 4.40 Å². The van der Waals surface area contributed by atoms with Crippen LogP contribution in [0.15, 0.2) is 53.7 Å². The lowest BCUT2D eigenvalue weighted by molar-refractivity contribution is 1.18. The molecule has 3 nitrogen and oxygen atoms in total. The molecule has 21 heavy (non-hydrogen) atoms. The summed E-state index contributed by atoms with van der Waals surface area (Å²) in [5.74, 6) is 0.676. The van der Waals surface area contributed by atoms with E-state index in [4.69, 9.17) is 17.3 Å². The summed E-state index contributed by atoms with van der Waals surface area (Å²) < 4.78 is 1.97. The third kappa shape index (κ3) is 2.71. The Bertz CT molecular complexity index is 848. The van der Waals surface area contributed by atoms with Crippen LogP contribution in [0.25, 0.3) is 5.52 Å². The van der Waals surface area contributed by atoms with E-state index in [-0.39, 0.29) is 0 Å². The van der Waals surface area contributed by atoms with Crippen LogP contribution in [0.3, 0.4) is 0 Å². The van der Waals surface area contributed by atoms with Gasteiger partial charge in [0.25, 0.3) is 0 Å². The van der Waals surface area contributed by atoms with Gasteiger partial charge in [0.15, 0.2) is 0 Å². The average Bonchev–Trinajstić information content (AvgIpc) is 2.85. The van der Waals surface area contributed by atoms with E-state index >= 15 is 0 Å². The molecule has 2 N–H and O–H groups in total. The van der Waals surface area contributed by atoms with Crippen molar-refractivity contribution in [2.45, 2.75) is 10.6 Å². The number of pyridine rings is 1. The molecule has 104 valence electrons. The highest BCUT2D eigenvalue weighted by Crippen LogP contribution is 2.32. The molecule has 5 heteroatoms. The van der Waals surface area contributed by atoms with E-state index in [0.717, 1.165) is 16.0 Å². The highest BCUT2D eigenvalue weighted by molar-refractivity contribution is 7.98. The van der Waals surface area contributed by atoms with E-state index < -0.39 is 0 Å². The first kappa shape index (κ1) is 13.9. The average molecular weight is 314 g/mol. The number of hydrogen-bond acceptors (Lipinski definition) is 3. The third-order valence-corrected chi connectivity index (χ3v) is 4.59. The summed E-state index contributed by atoms with van der Waals surface area (Å²) in [7, 11) is 0. The number of fused-ring (bicyclic) bond motifs is 1. The van der Waals surface area contributed by atoms with Crippen molar-refractivity contribution in [1.29, 1.82) is 5.26 Å². The molecule has 0 saturated heterocycles. The van der Waals surface area contributed by atoms with Crippen LogP contribution < -0.4 is 5.73 Å². The Morgan fingerprint density at radius 2 is 2.14 bits per heavy atom. The van der Waals surface area contributed by atoms with E-state index in [1.807, 2.05) is 41.1 Å². The molecule has 0 aliphatic heterocycles. The molecule has 2 heterocycles. The fraction of sp³-hybridized carbons (Fsp3) is 0.0625. The Kier molecular flexibility index (Phi) is 3.78. The number of hydrogen-bond donors (Lipinski definition) is 1. The van der Waals surface area contributed by atoms with Gasteiger partial charge in [-0.25, -0.2) is 0 Å². The topological polar surface area (TPSA) is 54.2 Å². The third-order valence-electron chi connectivity index (χ3n) is 3.23. The smallest absolute Gasteiger partial charge is 0.102 e. The summed E-state index contributed by atoms with van der Waals surface area (Å²) >= 11 is 7.58. The first-order valence-corrected chi connectivity index (χ1v) is 7.72. The van der Waals surface area contributed by atoms with Crippen molar-refractivity contribution in [2.75, 3.05) is 5.73 Å². The van der Waals surface area contributed by atoms with Crippen LogP contribution in [0, 0.1) is 11.3 Å². The molecule has 0 unspecified atom stereocenters. The normalized spacial score (nSPS) is 10.7. The molecule has 0 fully saturated rings. The van der Waals surface area contributed by atoms with Crippen molar-refractivity contribution in [3.8, 4) is 6.07 Å². The SMILES string of the molecule is N#Cc1c(CSc2cc(Cl)ccc2N)cn2ccccc12. The maximum atomic E-state index is 9.38. The summed E-state index contributed by atoms with van der Waals surface area (Å²) in [6.07, 6.45) is 3.93. The molecule has 1 aromatic carbocycles. The lowest BCUT2D eigenvalue weighted by atomic mass is 10.2. The monoisotopic (exact) mass is 313 g/mol. The second kappa shape index (κ2) is 5.72. The molecule has 0 saturated carbocycles. The maximum absolute atomic E-state index is 9.38. The highest BCUT2D eigenvalue weighted by Gasteiger charge is 2.11. The van der Waals surface area contributed by atoms with E-state index in [9.17, 15) is 5.26 Å². The Balaban J connectivity index is 1.92. The Morgan fingerprint density at radius 1 is 1.29 bits per heavy atom. The van der Waals surface area contributed by atoms with Gasteiger partial charge < -0.3 is 10.1 Å². The van der Waals surface area contributed by atoms with E-state index in [1.54, 1.807) is 23.9 Å². The number of halogens is 1. The van der Waals surface area contributed by atoms with Gasteiger partial charge in [-0.1, -0.05) is 17.7 Å². The van der Waals surface area contributed by atoms with Gasteiger partial charge in [0, 0.05) is 33.8 Å². The summed E-state index contributed by atoms with van der Waals surface area (Å²) in [5.41, 5.74) is 9.28. The standard InChI is InChI=1S/C16H12ClN3S/c17-12-4-5-14(19)16(7-12)21-10-11-9-20-6-2-1-3-15(20)13(11)8-18/h1-7,9H,10,19H2. The first-order valence-electron chi connectivity index (χ1n) is 6.35. The minimum atomic E-state index is 0.661. The Labute approximate surface area is 131 Å². The number of anilines is 1. The van der Waals surface area contributed by atoms with Crippen LogP contribution in [0.1, 0.15) is 11.1 Å². The molecule has 2 aromatic heterocycles. The van der Waals surface area contributed by atoms with E-state index in [2.05, 4.69) is 6.07 Å². The zero-order valence-electron chi connectivity index (χ0n) is 11.1. The first-order chi connectivity index (χ1) is 10.2. The van der Waals surface area contributed by atoms with Crippen LogP contribution >= 0.6 is 23.4 Å². The minimum absolute atomic E-state index is 0.661. The highest BCUT2D eigenvalue weighted by atomic mass is 35.5. The molecule has 0 radical (unpaired) electrons. The molecule has 3 aromatic rings. The molecule has 0 atom stereocenters. The second-order valence-corrected chi connectivity index (χ2v) is 6.06. The lowest BCUT2D eigenvalue weighted by Crippen LogP contribution is -1.89. The molecule has 0 spiro atoms. The van der Waals surface area contributed by atoms with Gasteiger partial charge in [-0.2, -0.15) is 5.26 Å². The largest absolute Gasteiger partial charge is 0.398 e. The van der Waals surface area contributed by atoms with Crippen molar-refractivity contribution in [3.05, 3.63) is 64.9 Å².